The molecule has 2 aromatic carbocycles. The lowest BCUT2D eigenvalue weighted by molar-refractivity contribution is 0.242. The molecule has 0 aromatic heterocycles. The topological polar surface area (TPSA) is 49.7 Å². The summed E-state index contributed by atoms with van der Waals surface area (Å²) >= 11 is 0. The van der Waals surface area contributed by atoms with E-state index in [0.717, 1.165) is 11.1 Å². The van der Waals surface area contributed by atoms with Crippen molar-refractivity contribution in [3.8, 4) is 5.75 Å². The van der Waals surface area contributed by atoms with Crippen molar-refractivity contribution in [3.63, 3.8) is 0 Å². The van der Waals surface area contributed by atoms with E-state index in [9.17, 15) is 10.2 Å². The highest BCUT2D eigenvalue weighted by Gasteiger charge is 2.19. The van der Waals surface area contributed by atoms with Crippen molar-refractivity contribution in [2.75, 3.05) is 0 Å². The molecule has 0 spiro atoms. The Bertz CT molecular complexity index is 587. The van der Waals surface area contributed by atoms with Gasteiger partial charge in [-0.3, -0.25) is 0 Å². The highest BCUT2D eigenvalue weighted by molar-refractivity contribution is 5.46. The summed E-state index contributed by atoms with van der Waals surface area (Å²) in [5.41, 5.74) is 3.51. The average molecular weight is 300 g/mol. The van der Waals surface area contributed by atoms with Crippen molar-refractivity contribution >= 4 is 0 Å². The average Bonchev–Trinajstić information content (AvgIpc) is 2.52. The summed E-state index contributed by atoms with van der Waals surface area (Å²) in [5, 5.41) is 19.3. The second-order valence-electron chi connectivity index (χ2n) is 6.46. The second-order valence-corrected chi connectivity index (χ2v) is 6.46. The van der Waals surface area contributed by atoms with Gasteiger partial charge in [0.1, 0.15) is 12.4 Å². The molecular formula is C19H24O3. The Balaban J connectivity index is 2.33. The molecule has 0 aliphatic carbocycles. The third-order valence-electron chi connectivity index (χ3n) is 3.68. The minimum atomic E-state index is -0.110. The monoisotopic (exact) mass is 300 g/mol. The molecule has 3 nitrogen and oxygen atoms in total. The van der Waals surface area contributed by atoms with Crippen molar-refractivity contribution in [3.05, 3.63) is 64.7 Å². The first-order chi connectivity index (χ1) is 10.5. The Labute approximate surface area is 132 Å². The highest BCUT2D eigenvalue weighted by atomic mass is 16.5. The fourth-order valence-corrected chi connectivity index (χ4v) is 2.34. The van der Waals surface area contributed by atoms with Crippen LogP contribution in [0.3, 0.4) is 0 Å². The lowest BCUT2D eigenvalue weighted by Gasteiger charge is -2.23. The zero-order valence-corrected chi connectivity index (χ0v) is 13.5. The molecule has 22 heavy (non-hydrogen) atoms. The van der Waals surface area contributed by atoms with Crippen LogP contribution in [0.25, 0.3) is 0 Å². The molecule has 2 N–H and O–H groups in total. The van der Waals surface area contributed by atoms with E-state index in [-0.39, 0.29) is 18.6 Å². The van der Waals surface area contributed by atoms with Gasteiger partial charge in [-0.15, -0.1) is 0 Å². The maximum atomic E-state index is 9.66. The quantitative estimate of drug-likeness (QED) is 0.888. The lowest BCUT2D eigenvalue weighted by atomic mass is 9.85. The van der Waals surface area contributed by atoms with Crippen LogP contribution >= 0.6 is 0 Å². The molecule has 0 bridgehead atoms. The number of aliphatic hydroxyl groups excluding tert-OH is 2. The molecule has 0 aliphatic heterocycles. The molecular weight excluding hydrogens is 276 g/mol. The van der Waals surface area contributed by atoms with Gasteiger partial charge in [0, 0.05) is 11.1 Å². The second kappa shape index (κ2) is 6.95. The number of aliphatic hydroxyl groups is 2. The highest BCUT2D eigenvalue weighted by Crippen LogP contribution is 2.32. The van der Waals surface area contributed by atoms with E-state index in [1.165, 1.54) is 0 Å². The summed E-state index contributed by atoms with van der Waals surface area (Å²) in [7, 11) is 0. The van der Waals surface area contributed by atoms with Crippen LogP contribution in [0.15, 0.2) is 42.5 Å². The largest absolute Gasteiger partial charge is 0.488 e. The van der Waals surface area contributed by atoms with Crippen LogP contribution in [0.1, 0.15) is 43.0 Å². The summed E-state index contributed by atoms with van der Waals surface area (Å²) in [6.45, 7) is 6.51. The third kappa shape index (κ3) is 3.87. The first kappa shape index (κ1) is 16.5. The minimum Gasteiger partial charge on any atom is -0.488 e. The van der Waals surface area contributed by atoms with E-state index in [2.05, 4.69) is 20.8 Å². The zero-order valence-electron chi connectivity index (χ0n) is 13.5. The summed E-state index contributed by atoms with van der Waals surface area (Å²) in [6, 6.07) is 13.8. The maximum absolute atomic E-state index is 9.66. The molecule has 118 valence electrons. The van der Waals surface area contributed by atoms with E-state index < -0.39 is 0 Å². The van der Waals surface area contributed by atoms with Crippen molar-refractivity contribution in [1.29, 1.82) is 0 Å². The molecule has 0 saturated carbocycles. The molecule has 2 aromatic rings. The predicted octanol–water partition coefficient (Wildman–Crippen LogP) is 3.55. The molecule has 3 heteroatoms. The van der Waals surface area contributed by atoms with Gasteiger partial charge >= 0.3 is 0 Å². The molecule has 0 heterocycles. The molecule has 0 unspecified atom stereocenters. The number of ether oxygens (including phenoxy) is 1. The molecule has 0 fully saturated rings. The maximum Gasteiger partial charge on any atom is 0.130 e. The fourth-order valence-electron chi connectivity index (χ4n) is 2.34. The van der Waals surface area contributed by atoms with Crippen LogP contribution in [0, 0.1) is 0 Å². The van der Waals surface area contributed by atoms with Gasteiger partial charge in [-0.1, -0.05) is 51.1 Å². The van der Waals surface area contributed by atoms with Gasteiger partial charge in [0.2, 0.25) is 0 Å². The first-order valence-corrected chi connectivity index (χ1v) is 7.50. The van der Waals surface area contributed by atoms with Crippen LogP contribution in [0.2, 0.25) is 0 Å². The van der Waals surface area contributed by atoms with Crippen molar-refractivity contribution < 1.29 is 14.9 Å². The van der Waals surface area contributed by atoms with Gasteiger partial charge in [0.25, 0.3) is 0 Å². The van der Waals surface area contributed by atoms with Crippen molar-refractivity contribution in [1.82, 2.24) is 0 Å². The van der Waals surface area contributed by atoms with Gasteiger partial charge in [-0.2, -0.15) is 0 Å². The molecule has 0 atom stereocenters. The Morgan fingerprint density at radius 2 is 1.45 bits per heavy atom. The molecule has 2 rings (SSSR count). The first-order valence-electron chi connectivity index (χ1n) is 7.50. The van der Waals surface area contributed by atoms with Gasteiger partial charge in [-0.05, 0) is 28.7 Å². The van der Waals surface area contributed by atoms with Crippen molar-refractivity contribution in [2.45, 2.75) is 46.0 Å². The zero-order chi connectivity index (χ0) is 16.2. The SMILES string of the molecule is CC(C)(C)c1cc(CO)c(OCc2ccccc2)c(CO)c1. The Morgan fingerprint density at radius 1 is 0.909 bits per heavy atom. The van der Waals surface area contributed by atoms with Crippen LogP contribution in [0.4, 0.5) is 0 Å². The lowest BCUT2D eigenvalue weighted by Crippen LogP contribution is -2.13. The van der Waals surface area contributed by atoms with Crippen LogP contribution < -0.4 is 4.74 Å². The van der Waals surface area contributed by atoms with Gasteiger partial charge in [0.15, 0.2) is 0 Å². The number of hydrogen-bond acceptors (Lipinski definition) is 3. The van der Waals surface area contributed by atoms with E-state index in [1.54, 1.807) is 0 Å². The van der Waals surface area contributed by atoms with Crippen LogP contribution in [-0.2, 0) is 25.2 Å². The normalized spacial score (nSPS) is 11.5. The van der Waals surface area contributed by atoms with Crippen LogP contribution in [0.5, 0.6) is 5.75 Å². The van der Waals surface area contributed by atoms with E-state index in [4.69, 9.17) is 4.74 Å². The molecule has 0 radical (unpaired) electrons. The van der Waals surface area contributed by atoms with E-state index in [0.29, 0.717) is 23.5 Å². The number of rotatable bonds is 5. The van der Waals surface area contributed by atoms with Gasteiger partial charge in [-0.25, -0.2) is 0 Å². The standard InChI is InChI=1S/C19H24O3/c1-19(2,3)17-9-15(11-20)18(16(10-17)12-21)22-13-14-7-5-4-6-8-14/h4-10,20-21H,11-13H2,1-3H3. The number of benzene rings is 2. The van der Waals surface area contributed by atoms with Crippen LogP contribution in [-0.4, -0.2) is 10.2 Å². The van der Waals surface area contributed by atoms with Gasteiger partial charge in [0.05, 0.1) is 13.2 Å². The summed E-state index contributed by atoms with van der Waals surface area (Å²) < 4.78 is 5.88. The Hall–Kier alpha value is -1.84. The van der Waals surface area contributed by atoms with Gasteiger partial charge < -0.3 is 14.9 Å². The Morgan fingerprint density at radius 3 is 1.91 bits per heavy atom. The predicted molar refractivity (Wildman–Crippen MR) is 87.8 cm³/mol. The molecule has 0 amide bonds. The fraction of sp³-hybridized carbons (Fsp3) is 0.368. The smallest absolute Gasteiger partial charge is 0.130 e. The molecule has 0 aliphatic rings. The summed E-state index contributed by atoms with van der Waals surface area (Å²) in [4.78, 5) is 0. The number of hydrogen-bond donors (Lipinski definition) is 2. The Kier molecular flexibility index (Phi) is 5.22. The van der Waals surface area contributed by atoms with Crippen molar-refractivity contribution in [2.24, 2.45) is 0 Å². The third-order valence-corrected chi connectivity index (χ3v) is 3.68. The van der Waals surface area contributed by atoms with E-state index in [1.807, 2.05) is 42.5 Å². The minimum absolute atomic E-state index is 0.0498. The van der Waals surface area contributed by atoms with E-state index >= 15 is 0 Å². The summed E-state index contributed by atoms with van der Waals surface area (Å²) in [5.74, 6) is 0.585. The summed E-state index contributed by atoms with van der Waals surface area (Å²) in [6.07, 6.45) is 0. The molecule has 0 saturated heterocycles.